The van der Waals surface area contributed by atoms with E-state index in [4.69, 9.17) is 33.5 Å². The molecular weight excluding hydrogens is 999 g/mol. The largest absolute Gasteiger partial charge is 0.465 e. The number of hydrogen-bond donors (Lipinski definition) is 4. The monoisotopic (exact) mass is 1030 g/mol. The lowest BCUT2D eigenvalue weighted by atomic mass is 10.2. The van der Waals surface area contributed by atoms with Gasteiger partial charge in [-0.2, -0.15) is 10.5 Å². The highest BCUT2D eigenvalue weighted by Crippen LogP contribution is 2.32. The molecule has 0 bridgehead atoms. The van der Waals surface area contributed by atoms with Gasteiger partial charge in [-0.3, -0.25) is 39.9 Å². The van der Waals surface area contributed by atoms with Crippen molar-refractivity contribution in [2.24, 2.45) is 11.5 Å². The average Bonchev–Trinajstić information content (AvgIpc) is 4.19. The third-order valence-corrected chi connectivity index (χ3v) is 14.7. The molecule has 0 fully saturated rings. The molecule has 0 spiro atoms. The summed E-state index contributed by atoms with van der Waals surface area (Å²) in [6.45, 7) is 0. The number of carbonyl (C=O) groups excluding carboxylic acids is 3. The Morgan fingerprint density at radius 2 is 0.771 bits per heavy atom. The van der Waals surface area contributed by atoms with E-state index >= 15 is 0 Å². The van der Waals surface area contributed by atoms with E-state index in [0.717, 1.165) is 50.2 Å². The number of nitro benzene ring substituents is 3. The lowest BCUT2D eigenvalue weighted by Gasteiger charge is -1.90. The summed E-state index contributed by atoms with van der Waals surface area (Å²) in [5.41, 5.74) is 23.0. The summed E-state index contributed by atoms with van der Waals surface area (Å²) in [5, 5.41) is 52.9. The molecule has 5 aromatic carbocycles. The van der Waals surface area contributed by atoms with Gasteiger partial charge in [-0.1, -0.05) is 0 Å². The maximum Gasteiger partial charge on any atom is 0.348 e. The van der Waals surface area contributed by atoms with Crippen LogP contribution in [0.5, 0.6) is 0 Å². The van der Waals surface area contributed by atoms with Crippen LogP contribution in [0.1, 0.15) is 38.8 Å². The van der Waals surface area contributed by atoms with Gasteiger partial charge in [0.15, 0.2) is 0 Å². The van der Waals surface area contributed by atoms with Crippen molar-refractivity contribution >= 4 is 153 Å². The van der Waals surface area contributed by atoms with Crippen molar-refractivity contribution in [2.75, 3.05) is 18.6 Å². The molecule has 0 atom stereocenters. The van der Waals surface area contributed by atoms with Crippen LogP contribution in [0, 0.1) is 53.0 Å². The maximum absolute atomic E-state index is 11.3. The number of rotatable bonds is 6. The molecule has 0 radical (unpaired) electrons. The molecule has 24 heteroatoms. The van der Waals surface area contributed by atoms with Crippen molar-refractivity contribution < 1.29 is 33.9 Å². The number of primary amides is 2. The first-order valence-corrected chi connectivity index (χ1v) is 23.5. The molecule has 350 valence electrons. The summed E-state index contributed by atoms with van der Waals surface area (Å²) in [6, 6.07) is 37.3. The van der Waals surface area contributed by atoms with Crippen LogP contribution in [-0.2, 0) is 4.74 Å². The number of ether oxygens (including phenoxy) is 1. The fourth-order valence-corrected chi connectivity index (χ4v) is 10.5. The lowest BCUT2D eigenvalue weighted by Crippen LogP contribution is -2.07. The summed E-state index contributed by atoms with van der Waals surface area (Å²) >= 11 is 6.69. The van der Waals surface area contributed by atoms with E-state index in [0.29, 0.717) is 36.0 Å². The van der Waals surface area contributed by atoms with Crippen LogP contribution in [0.25, 0.3) is 50.4 Å². The summed E-state index contributed by atoms with van der Waals surface area (Å²) in [7, 11) is 1.30. The average molecular weight is 1030 g/mol. The van der Waals surface area contributed by atoms with Gasteiger partial charge < -0.3 is 27.7 Å². The molecule has 70 heavy (non-hydrogen) atoms. The number of nitriles is 2. The van der Waals surface area contributed by atoms with E-state index in [-0.39, 0.29) is 23.0 Å². The van der Waals surface area contributed by atoms with E-state index in [1.165, 1.54) is 100 Å². The Bertz CT molecular complexity index is 3750. The van der Waals surface area contributed by atoms with Gasteiger partial charge in [-0.05, 0) is 95.7 Å². The molecule has 10 aromatic rings. The van der Waals surface area contributed by atoms with Crippen LogP contribution in [0.15, 0.2) is 121 Å². The topological polar surface area (TPSA) is 342 Å². The van der Waals surface area contributed by atoms with Crippen molar-refractivity contribution in [3.05, 3.63) is 176 Å². The molecular formula is C46H31N9O10S5. The number of nitrogen functional groups attached to an aromatic ring is 2. The Balaban J connectivity index is 0.000000144. The summed E-state index contributed by atoms with van der Waals surface area (Å²) in [4.78, 5) is 65.9. The van der Waals surface area contributed by atoms with Gasteiger partial charge in [0.05, 0.1) is 31.6 Å². The number of thiophene rings is 5. The number of esters is 1. The maximum atomic E-state index is 11.3. The van der Waals surface area contributed by atoms with Crippen LogP contribution in [-0.4, -0.2) is 39.7 Å². The molecule has 8 N–H and O–H groups in total. The Kier molecular flexibility index (Phi) is 16.1. The molecule has 0 unspecified atom stereocenters. The number of benzene rings is 5. The Hall–Kier alpha value is -8.91. The molecule has 0 aliphatic rings. The summed E-state index contributed by atoms with van der Waals surface area (Å²) in [5.74, 6) is -1.33. The van der Waals surface area contributed by atoms with Crippen LogP contribution in [0.3, 0.4) is 0 Å². The van der Waals surface area contributed by atoms with Gasteiger partial charge in [0.25, 0.3) is 28.9 Å². The first-order valence-electron chi connectivity index (χ1n) is 19.5. The predicted octanol–water partition coefficient (Wildman–Crippen LogP) is 11.1. The number of non-ortho nitro benzene ring substituents is 3. The number of anilines is 2. The quantitative estimate of drug-likeness (QED) is 0.0521. The number of methoxy groups -OCH3 is 1. The highest BCUT2D eigenvalue weighted by molar-refractivity contribution is 7.22. The third kappa shape index (κ3) is 12.5. The highest BCUT2D eigenvalue weighted by Gasteiger charge is 2.14. The van der Waals surface area contributed by atoms with Crippen molar-refractivity contribution in [2.45, 2.75) is 0 Å². The SMILES string of the molecule is COC(=O)c1cc2cc([N+](=O)[O-])ccc2s1.N#Cc1cc2cc(N)ccc2s1.N#Cc1cc2cc([N+](=O)[O-])ccc2s1.NC(=O)c1cc2cc(N)ccc2s1.NC(=O)c1cc2cc([N+](=O)[O-])ccc2s1. The Labute approximate surface area is 413 Å². The molecule has 0 saturated carbocycles. The molecule has 5 aromatic heterocycles. The zero-order valence-corrected chi connectivity index (χ0v) is 39.8. The van der Waals surface area contributed by atoms with Crippen molar-refractivity contribution in [1.82, 2.24) is 0 Å². The number of nitro groups is 3. The minimum Gasteiger partial charge on any atom is -0.465 e. The van der Waals surface area contributed by atoms with Gasteiger partial charge in [-0.25, -0.2) is 4.79 Å². The van der Waals surface area contributed by atoms with E-state index in [1.807, 2.05) is 48.5 Å². The fourth-order valence-electron chi connectivity index (χ4n) is 6.11. The Morgan fingerprint density at radius 1 is 0.471 bits per heavy atom. The predicted molar refractivity (Wildman–Crippen MR) is 276 cm³/mol. The molecule has 5 heterocycles. The number of carbonyl (C=O) groups is 3. The molecule has 19 nitrogen and oxygen atoms in total. The van der Waals surface area contributed by atoms with Crippen molar-refractivity contribution in [1.29, 1.82) is 10.5 Å². The van der Waals surface area contributed by atoms with E-state index in [9.17, 15) is 44.7 Å². The zero-order chi connectivity index (χ0) is 50.8. The number of nitrogens with two attached hydrogens (primary N) is 4. The number of amides is 2. The van der Waals surface area contributed by atoms with Crippen LogP contribution in [0.4, 0.5) is 28.4 Å². The first kappa shape index (κ1) is 50.5. The molecule has 0 saturated heterocycles. The smallest absolute Gasteiger partial charge is 0.348 e. The van der Waals surface area contributed by atoms with Gasteiger partial charge in [-0.15, -0.1) is 56.7 Å². The Morgan fingerprint density at radius 3 is 1.11 bits per heavy atom. The zero-order valence-electron chi connectivity index (χ0n) is 35.7. The minimum atomic E-state index is -0.515. The lowest BCUT2D eigenvalue weighted by molar-refractivity contribution is -0.384. The number of fused-ring (bicyclic) bond motifs is 5. The second-order valence-corrected chi connectivity index (χ2v) is 19.4. The van der Waals surface area contributed by atoms with Crippen molar-refractivity contribution in [3.63, 3.8) is 0 Å². The molecule has 0 aliphatic heterocycles. The molecule has 0 aliphatic carbocycles. The van der Waals surface area contributed by atoms with Crippen molar-refractivity contribution in [3.8, 4) is 12.1 Å². The van der Waals surface area contributed by atoms with Gasteiger partial charge in [0, 0.05) is 87.4 Å². The van der Waals surface area contributed by atoms with Crippen LogP contribution < -0.4 is 22.9 Å². The summed E-state index contributed by atoms with van der Waals surface area (Å²) < 4.78 is 9.26. The van der Waals surface area contributed by atoms with E-state index < -0.39 is 26.6 Å². The second-order valence-electron chi connectivity index (χ2n) is 14.0. The normalized spacial score (nSPS) is 10.2. The highest BCUT2D eigenvalue weighted by atomic mass is 32.1. The standard InChI is InChI=1S/C10H7NO4S.C9H6N2O3S.C9H4N2O2S.C9H8N2OS.C9H6N2S/c1-15-10(12)9-5-6-4-7(11(13)14)2-3-8(6)16-9;10-9(12)8-4-5-3-6(11(13)14)1-2-7(5)15-8;10-5-8-4-6-3-7(11(12)13)1-2-9(6)14-8;10-6-1-2-7-5(3-6)4-8(13-7)9(11)12;10-5-8-4-6-3-7(11)1-2-9(6)12-8/h2-5H,1H3;1-4H,(H2,10,12);1-4H;1-4H,10H2,(H2,11,12);1-4H,11H2. The number of hydrogen-bond acceptors (Lipinski definition) is 19. The van der Waals surface area contributed by atoms with E-state index in [2.05, 4.69) is 10.8 Å². The van der Waals surface area contributed by atoms with Crippen LogP contribution >= 0.6 is 56.7 Å². The van der Waals surface area contributed by atoms with Crippen LogP contribution in [0.2, 0.25) is 0 Å². The van der Waals surface area contributed by atoms with E-state index in [1.54, 1.807) is 42.5 Å². The van der Waals surface area contributed by atoms with Gasteiger partial charge >= 0.3 is 5.97 Å². The second kappa shape index (κ2) is 22.3. The molecule has 2 amide bonds. The number of nitrogens with zero attached hydrogens (tertiary/aromatic N) is 5. The third-order valence-electron chi connectivity index (χ3n) is 9.31. The summed E-state index contributed by atoms with van der Waals surface area (Å²) in [6.07, 6.45) is 0. The minimum absolute atomic E-state index is 0.0105. The van der Waals surface area contributed by atoms with Gasteiger partial charge in [0.1, 0.15) is 26.8 Å². The van der Waals surface area contributed by atoms with Gasteiger partial charge in [0.2, 0.25) is 0 Å². The first-order chi connectivity index (χ1) is 33.3. The fraction of sp³-hybridized carbons (Fsp3) is 0.0217. The molecule has 10 rings (SSSR count).